The third kappa shape index (κ3) is 2.85. The number of rotatable bonds is 4. The molecule has 0 radical (unpaired) electrons. The second kappa shape index (κ2) is 6.17. The van der Waals surface area contributed by atoms with Crippen molar-refractivity contribution >= 4 is 22.6 Å². The number of benzene rings is 1. The van der Waals surface area contributed by atoms with Gasteiger partial charge < -0.3 is 14.5 Å². The predicted octanol–water partition coefficient (Wildman–Crippen LogP) is 4.31. The molecular formula is C16H20ClNO2. The van der Waals surface area contributed by atoms with Crippen molar-refractivity contribution in [2.75, 3.05) is 13.2 Å². The van der Waals surface area contributed by atoms with E-state index in [9.17, 15) is 0 Å². The minimum absolute atomic E-state index is 0.117. The first-order chi connectivity index (χ1) is 9.78. The van der Waals surface area contributed by atoms with Crippen LogP contribution in [0.25, 0.3) is 11.0 Å². The fraction of sp³-hybridized carbons (Fsp3) is 0.500. The molecule has 0 bridgehead atoms. The van der Waals surface area contributed by atoms with Crippen LogP contribution in [0.4, 0.5) is 0 Å². The molecule has 1 N–H and O–H groups in total. The summed E-state index contributed by atoms with van der Waals surface area (Å²) in [5.41, 5.74) is 0.878. The first kappa shape index (κ1) is 13.9. The van der Waals surface area contributed by atoms with Crippen molar-refractivity contribution < 1.29 is 9.15 Å². The smallest absolute Gasteiger partial charge is 0.134 e. The molecule has 0 spiro atoms. The average molecular weight is 294 g/mol. The van der Waals surface area contributed by atoms with Gasteiger partial charge in [-0.05, 0) is 50.1 Å². The summed E-state index contributed by atoms with van der Waals surface area (Å²) >= 11 is 6.04. The van der Waals surface area contributed by atoms with Crippen LogP contribution in [-0.4, -0.2) is 19.3 Å². The van der Waals surface area contributed by atoms with E-state index in [-0.39, 0.29) is 12.1 Å². The first-order valence-corrected chi connectivity index (χ1v) is 7.69. The van der Waals surface area contributed by atoms with E-state index in [1.54, 1.807) is 0 Å². The SMILES string of the molecule is CCNC(c1cc2cc(Cl)ccc2o1)C1CCCCO1. The standard InChI is InChI=1S/C16H20ClNO2/c1-2-18-16(14-5-3-4-8-19-14)15-10-11-9-12(17)6-7-13(11)20-15/h6-7,9-10,14,16,18H,2-5,8H2,1H3. The van der Waals surface area contributed by atoms with Crippen LogP contribution in [0.5, 0.6) is 0 Å². The molecule has 2 unspecified atom stereocenters. The monoisotopic (exact) mass is 293 g/mol. The Morgan fingerprint density at radius 3 is 3.00 bits per heavy atom. The van der Waals surface area contributed by atoms with Crippen molar-refractivity contribution in [3.05, 3.63) is 35.0 Å². The van der Waals surface area contributed by atoms with Gasteiger partial charge in [-0.3, -0.25) is 0 Å². The van der Waals surface area contributed by atoms with Crippen LogP contribution in [0.2, 0.25) is 5.02 Å². The molecule has 20 heavy (non-hydrogen) atoms. The van der Waals surface area contributed by atoms with Crippen LogP contribution in [-0.2, 0) is 4.74 Å². The summed E-state index contributed by atoms with van der Waals surface area (Å²) in [6.07, 6.45) is 3.65. The van der Waals surface area contributed by atoms with Crippen LogP contribution in [0.15, 0.2) is 28.7 Å². The Bertz CT molecular complexity index is 575. The van der Waals surface area contributed by atoms with Crippen molar-refractivity contribution in [1.82, 2.24) is 5.32 Å². The van der Waals surface area contributed by atoms with Crippen molar-refractivity contribution in [2.45, 2.75) is 38.3 Å². The van der Waals surface area contributed by atoms with E-state index in [0.29, 0.717) is 0 Å². The molecule has 1 aliphatic heterocycles. The quantitative estimate of drug-likeness (QED) is 0.912. The lowest BCUT2D eigenvalue weighted by atomic mass is 10.00. The number of likely N-dealkylation sites (N-methyl/N-ethyl adjacent to an activating group) is 1. The molecule has 1 aliphatic rings. The number of nitrogens with one attached hydrogen (secondary N) is 1. The van der Waals surface area contributed by atoms with Gasteiger partial charge in [-0.25, -0.2) is 0 Å². The summed E-state index contributed by atoms with van der Waals surface area (Å²) in [6.45, 7) is 3.84. The second-order valence-electron chi connectivity index (χ2n) is 5.27. The zero-order chi connectivity index (χ0) is 13.9. The van der Waals surface area contributed by atoms with Gasteiger partial charge in [0, 0.05) is 17.0 Å². The van der Waals surface area contributed by atoms with Gasteiger partial charge in [0.25, 0.3) is 0 Å². The lowest BCUT2D eigenvalue weighted by molar-refractivity contribution is -0.0119. The Morgan fingerprint density at radius 1 is 1.35 bits per heavy atom. The highest BCUT2D eigenvalue weighted by atomic mass is 35.5. The van der Waals surface area contributed by atoms with Crippen LogP contribution in [0.3, 0.4) is 0 Å². The van der Waals surface area contributed by atoms with E-state index < -0.39 is 0 Å². The third-order valence-electron chi connectivity index (χ3n) is 3.81. The molecule has 3 nitrogen and oxygen atoms in total. The molecule has 1 aromatic carbocycles. The van der Waals surface area contributed by atoms with Gasteiger partial charge >= 0.3 is 0 Å². The number of furan rings is 1. The van der Waals surface area contributed by atoms with Crippen molar-refractivity contribution in [3.8, 4) is 0 Å². The minimum atomic E-state index is 0.117. The molecule has 1 fully saturated rings. The summed E-state index contributed by atoms with van der Waals surface area (Å²) < 4.78 is 11.9. The van der Waals surface area contributed by atoms with Crippen molar-refractivity contribution in [2.24, 2.45) is 0 Å². The van der Waals surface area contributed by atoms with E-state index in [0.717, 1.165) is 47.7 Å². The molecular weight excluding hydrogens is 274 g/mol. The Hall–Kier alpha value is -1.03. The molecule has 108 valence electrons. The third-order valence-corrected chi connectivity index (χ3v) is 4.05. The summed E-state index contributed by atoms with van der Waals surface area (Å²) in [6, 6.07) is 7.91. The highest BCUT2D eigenvalue weighted by molar-refractivity contribution is 6.31. The lowest BCUT2D eigenvalue weighted by Crippen LogP contribution is -2.35. The average Bonchev–Trinajstić information content (AvgIpc) is 2.88. The lowest BCUT2D eigenvalue weighted by Gasteiger charge is -2.29. The fourth-order valence-corrected chi connectivity index (χ4v) is 3.03. The zero-order valence-electron chi connectivity index (χ0n) is 11.7. The molecule has 2 atom stereocenters. The summed E-state index contributed by atoms with van der Waals surface area (Å²) in [5, 5.41) is 5.27. The summed E-state index contributed by atoms with van der Waals surface area (Å²) in [7, 11) is 0. The van der Waals surface area contributed by atoms with Crippen LogP contribution in [0.1, 0.15) is 38.0 Å². The predicted molar refractivity (Wildman–Crippen MR) is 81.2 cm³/mol. The fourth-order valence-electron chi connectivity index (χ4n) is 2.85. The largest absolute Gasteiger partial charge is 0.459 e. The number of hydrogen-bond acceptors (Lipinski definition) is 3. The number of hydrogen-bond donors (Lipinski definition) is 1. The van der Waals surface area contributed by atoms with Gasteiger partial charge in [0.05, 0.1) is 12.1 Å². The maximum atomic E-state index is 6.04. The van der Waals surface area contributed by atoms with Crippen LogP contribution < -0.4 is 5.32 Å². The Balaban J connectivity index is 1.91. The minimum Gasteiger partial charge on any atom is -0.459 e. The van der Waals surface area contributed by atoms with Gasteiger partial charge in [0.2, 0.25) is 0 Å². The normalized spacial score (nSPS) is 21.2. The number of fused-ring (bicyclic) bond motifs is 1. The van der Waals surface area contributed by atoms with Crippen molar-refractivity contribution in [1.29, 1.82) is 0 Å². The summed E-state index contributed by atoms with van der Waals surface area (Å²) in [5.74, 6) is 0.941. The molecule has 3 rings (SSSR count). The molecule has 1 saturated heterocycles. The molecule has 4 heteroatoms. The second-order valence-corrected chi connectivity index (χ2v) is 5.71. The van der Waals surface area contributed by atoms with E-state index in [2.05, 4.69) is 18.3 Å². The van der Waals surface area contributed by atoms with Gasteiger partial charge in [0.1, 0.15) is 11.3 Å². The number of ether oxygens (including phenoxy) is 1. The Labute approximate surface area is 124 Å². The van der Waals surface area contributed by atoms with Gasteiger partial charge in [0.15, 0.2) is 0 Å². The molecule has 1 aromatic heterocycles. The van der Waals surface area contributed by atoms with E-state index in [1.807, 2.05) is 18.2 Å². The molecule has 0 aliphatic carbocycles. The van der Waals surface area contributed by atoms with E-state index in [4.69, 9.17) is 20.8 Å². The maximum Gasteiger partial charge on any atom is 0.134 e. The molecule has 2 aromatic rings. The molecule has 2 heterocycles. The van der Waals surface area contributed by atoms with Crippen LogP contribution >= 0.6 is 11.6 Å². The molecule has 0 amide bonds. The zero-order valence-corrected chi connectivity index (χ0v) is 12.5. The summed E-state index contributed by atoms with van der Waals surface area (Å²) in [4.78, 5) is 0. The highest BCUT2D eigenvalue weighted by Crippen LogP contribution is 2.31. The highest BCUT2D eigenvalue weighted by Gasteiger charge is 2.28. The topological polar surface area (TPSA) is 34.4 Å². The first-order valence-electron chi connectivity index (χ1n) is 7.32. The van der Waals surface area contributed by atoms with Crippen molar-refractivity contribution in [3.63, 3.8) is 0 Å². The van der Waals surface area contributed by atoms with Gasteiger partial charge in [-0.1, -0.05) is 18.5 Å². The van der Waals surface area contributed by atoms with Gasteiger partial charge in [-0.2, -0.15) is 0 Å². The van der Waals surface area contributed by atoms with Crippen LogP contribution in [0, 0.1) is 0 Å². The molecule has 0 saturated carbocycles. The van der Waals surface area contributed by atoms with Gasteiger partial charge in [-0.15, -0.1) is 0 Å². The Kier molecular flexibility index (Phi) is 4.29. The van der Waals surface area contributed by atoms with E-state index in [1.165, 1.54) is 6.42 Å². The number of halogens is 1. The maximum absolute atomic E-state index is 6.04. The Morgan fingerprint density at radius 2 is 2.25 bits per heavy atom. The van der Waals surface area contributed by atoms with E-state index >= 15 is 0 Å².